The van der Waals surface area contributed by atoms with Crippen molar-refractivity contribution in [3.05, 3.63) is 0 Å². The minimum atomic E-state index is -0.402. The predicted octanol–water partition coefficient (Wildman–Crippen LogP) is 0.629. The molecule has 144 valence electrons. The molecule has 0 aromatic carbocycles. The van der Waals surface area contributed by atoms with Gasteiger partial charge in [-0.3, -0.25) is 14.4 Å². The van der Waals surface area contributed by atoms with Gasteiger partial charge in [-0.05, 0) is 38.5 Å². The Morgan fingerprint density at radius 1 is 1.08 bits per heavy atom. The number of nitrogens with zero attached hydrogens (tertiary/aromatic N) is 3. The second-order valence-electron chi connectivity index (χ2n) is 8.21. The van der Waals surface area contributed by atoms with Crippen LogP contribution in [0.3, 0.4) is 0 Å². The van der Waals surface area contributed by atoms with Crippen molar-refractivity contribution in [1.82, 2.24) is 14.7 Å². The van der Waals surface area contributed by atoms with Crippen LogP contribution in [0.2, 0.25) is 0 Å². The number of likely N-dealkylation sites (tertiary alicyclic amines) is 3. The number of ether oxygens (including phenoxy) is 1. The maximum Gasteiger partial charge on any atom is 0.242 e. The molecule has 0 saturated carbocycles. The number of amides is 3. The number of rotatable bonds is 3. The Labute approximate surface area is 154 Å². The van der Waals surface area contributed by atoms with Gasteiger partial charge >= 0.3 is 0 Å². The van der Waals surface area contributed by atoms with Crippen molar-refractivity contribution in [2.75, 3.05) is 45.9 Å². The Hall–Kier alpha value is -1.63. The van der Waals surface area contributed by atoms with Crippen LogP contribution in [0.15, 0.2) is 0 Å². The van der Waals surface area contributed by atoms with Crippen LogP contribution in [-0.4, -0.2) is 84.4 Å². The Morgan fingerprint density at radius 3 is 2.62 bits per heavy atom. The number of piperidine rings is 1. The van der Waals surface area contributed by atoms with E-state index < -0.39 is 5.41 Å². The van der Waals surface area contributed by atoms with Crippen molar-refractivity contribution in [3.8, 4) is 0 Å². The maximum absolute atomic E-state index is 13.3. The van der Waals surface area contributed by atoms with Gasteiger partial charge in [-0.15, -0.1) is 0 Å². The molecule has 4 aliphatic heterocycles. The van der Waals surface area contributed by atoms with Crippen molar-refractivity contribution in [3.63, 3.8) is 0 Å². The molecule has 3 amide bonds. The Kier molecular flexibility index (Phi) is 4.90. The average molecular weight is 363 g/mol. The lowest BCUT2D eigenvalue weighted by atomic mass is 9.77. The quantitative estimate of drug-likeness (QED) is 0.737. The van der Waals surface area contributed by atoms with Gasteiger partial charge in [0, 0.05) is 51.9 Å². The average Bonchev–Trinajstić information content (AvgIpc) is 3.26. The van der Waals surface area contributed by atoms with Gasteiger partial charge < -0.3 is 19.4 Å². The van der Waals surface area contributed by atoms with E-state index in [1.807, 2.05) is 4.90 Å². The Bertz CT molecular complexity index is 589. The second-order valence-corrected chi connectivity index (χ2v) is 8.21. The molecule has 4 saturated heterocycles. The van der Waals surface area contributed by atoms with E-state index >= 15 is 0 Å². The second kappa shape index (κ2) is 7.18. The first kappa shape index (κ1) is 17.8. The summed E-state index contributed by atoms with van der Waals surface area (Å²) < 4.78 is 5.44. The van der Waals surface area contributed by atoms with Gasteiger partial charge in [-0.2, -0.15) is 0 Å². The lowest BCUT2D eigenvalue weighted by Crippen LogP contribution is -2.55. The van der Waals surface area contributed by atoms with E-state index in [0.717, 1.165) is 58.3 Å². The van der Waals surface area contributed by atoms with Crippen molar-refractivity contribution in [1.29, 1.82) is 0 Å². The van der Waals surface area contributed by atoms with Crippen LogP contribution >= 0.6 is 0 Å². The summed E-state index contributed by atoms with van der Waals surface area (Å²) in [6.07, 6.45) is 5.87. The Morgan fingerprint density at radius 2 is 1.88 bits per heavy atom. The van der Waals surface area contributed by atoms with Crippen LogP contribution in [0, 0.1) is 5.41 Å². The predicted molar refractivity (Wildman–Crippen MR) is 94.2 cm³/mol. The van der Waals surface area contributed by atoms with Crippen LogP contribution in [0.1, 0.15) is 44.9 Å². The summed E-state index contributed by atoms with van der Waals surface area (Å²) in [4.78, 5) is 43.3. The third kappa shape index (κ3) is 3.21. The van der Waals surface area contributed by atoms with Crippen LogP contribution in [0.5, 0.6) is 0 Å². The van der Waals surface area contributed by atoms with Crippen molar-refractivity contribution in [2.45, 2.75) is 51.0 Å². The molecule has 7 heteroatoms. The zero-order chi connectivity index (χ0) is 18.1. The molecular weight excluding hydrogens is 334 g/mol. The molecular formula is C19H29N3O4. The maximum atomic E-state index is 13.3. The van der Waals surface area contributed by atoms with E-state index in [9.17, 15) is 14.4 Å². The molecule has 1 spiro atoms. The molecule has 0 bridgehead atoms. The molecule has 0 unspecified atom stereocenters. The molecule has 0 aliphatic carbocycles. The van der Waals surface area contributed by atoms with Gasteiger partial charge in [0.25, 0.3) is 0 Å². The highest BCUT2D eigenvalue weighted by Gasteiger charge is 2.50. The number of carbonyl (C=O) groups excluding carboxylic acids is 3. The molecule has 4 aliphatic rings. The van der Waals surface area contributed by atoms with Crippen LogP contribution < -0.4 is 0 Å². The van der Waals surface area contributed by atoms with Gasteiger partial charge in [0.1, 0.15) is 0 Å². The SMILES string of the molecule is O=C1CCCN1CC(=O)N1CC[C@]2(CCCN(C3CCOCC3)C2=O)C1. The summed E-state index contributed by atoms with van der Waals surface area (Å²) in [6, 6.07) is 0.292. The van der Waals surface area contributed by atoms with Crippen LogP contribution in [0.4, 0.5) is 0 Å². The fourth-order valence-corrected chi connectivity index (χ4v) is 5.04. The standard InChI is InChI=1S/C19H29N3O4/c23-16-3-1-8-20(16)13-17(24)21-10-7-19(14-21)6-2-9-22(18(19)25)15-4-11-26-12-5-15/h15H,1-14H2/t19-/m1/s1. The first-order valence-corrected chi connectivity index (χ1v) is 10.0. The summed E-state index contributed by atoms with van der Waals surface area (Å²) in [6.45, 7) is 4.31. The molecule has 4 rings (SSSR count). The van der Waals surface area contributed by atoms with E-state index in [1.54, 1.807) is 4.90 Å². The molecule has 1 atom stereocenters. The zero-order valence-electron chi connectivity index (χ0n) is 15.5. The molecule has 0 radical (unpaired) electrons. The first-order chi connectivity index (χ1) is 12.6. The van der Waals surface area contributed by atoms with Crippen molar-refractivity contribution >= 4 is 17.7 Å². The molecule has 4 fully saturated rings. The lowest BCUT2D eigenvalue weighted by Gasteiger charge is -2.44. The molecule has 7 nitrogen and oxygen atoms in total. The molecule has 4 heterocycles. The molecule has 0 N–H and O–H groups in total. The Balaban J connectivity index is 1.40. The van der Waals surface area contributed by atoms with Crippen LogP contribution in [-0.2, 0) is 19.1 Å². The summed E-state index contributed by atoms with van der Waals surface area (Å²) in [7, 11) is 0. The minimum absolute atomic E-state index is 0.00638. The zero-order valence-corrected chi connectivity index (χ0v) is 15.5. The normalized spacial score (nSPS) is 30.7. The van der Waals surface area contributed by atoms with E-state index in [1.165, 1.54) is 0 Å². The molecule has 0 aromatic heterocycles. The first-order valence-electron chi connectivity index (χ1n) is 10.0. The lowest BCUT2D eigenvalue weighted by molar-refractivity contribution is -0.151. The smallest absolute Gasteiger partial charge is 0.242 e. The van der Waals surface area contributed by atoms with E-state index in [0.29, 0.717) is 32.1 Å². The third-order valence-corrected chi connectivity index (χ3v) is 6.60. The van der Waals surface area contributed by atoms with Gasteiger partial charge in [-0.25, -0.2) is 0 Å². The van der Waals surface area contributed by atoms with Crippen LogP contribution in [0.25, 0.3) is 0 Å². The van der Waals surface area contributed by atoms with Gasteiger partial charge in [-0.1, -0.05) is 0 Å². The molecule has 0 aromatic rings. The van der Waals surface area contributed by atoms with E-state index in [4.69, 9.17) is 4.74 Å². The fourth-order valence-electron chi connectivity index (χ4n) is 5.04. The van der Waals surface area contributed by atoms with Gasteiger partial charge in [0.2, 0.25) is 17.7 Å². The fraction of sp³-hybridized carbons (Fsp3) is 0.842. The highest BCUT2D eigenvalue weighted by atomic mass is 16.5. The number of hydrogen-bond acceptors (Lipinski definition) is 4. The van der Waals surface area contributed by atoms with Crippen molar-refractivity contribution in [2.24, 2.45) is 5.41 Å². The van der Waals surface area contributed by atoms with Gasteiger partial charge in [0.05, 0.1) is 12.0 Å². The third-order valence-electron chi connectivity index (χ3n) is 6.60. The molecule has 26 heavy (non-hydrogen) atoms. The van der Waals surface area contributed by atoms with E-state index in [-0.39, 0.29) is 24.3 Å². The summed E-state index contributed by atoms with van der Waals surface area (Å²) >= 11 is 0. The largest absolute Gasteiger partial charge is 0.381 e. The highest BCUT2D eigenvalue weighted by molar-refractivity contribution is 5.88. The van der Waals surface area contributed by atoms with E-state index in [2.05, 4.69) is 4.90 Å². The monoisotopic (exact) mass is 363 g/mol. The number of hydrogen-bond donors (Lipinski definition) is 0. The summed E-state index contributed by atoms with van der Waals surface area (Å²) in [5.74, 6) is 0.308. The van der Waals surface area contributed by atoms with Gasteiger partial charge in [0.15, 0.2) is 0 Å². The topological polar surface area (TPSA) is 70.2 Å². The highest BCUT2D eigenvalue weighted by Crippen LogP contribution is 2.41. The summed E-state index contributed by atoms with van der Waals surface area (Å²) in [5, 5.41) is 0. The van der Waals surface area contributed by atoms with Crippen molar-refractivity contribution < 1.29 is 19.1 Å². The minimum Gasteiger partial charge on any atom is -0.381 e. The summed E-state index contributed by atoms with van der Waals surface area (Å²) in [5.41, 5.74) is -0.402. The number of carbonyl (C=O) groups is 3.